The van der Waals surface area contributed by atoms with Gasteiger partial charge in [-0.2, -0.15) is 0 Å². The van der Waals surface area contributed by atoms with Gasteiger partial charge in [0.1, 0.15) is 11.6 Å². The molecule has 2 unspecified atom stereocenters. The second kappa shape index (κ2) is 5.24. The number of nitrogens with one attached hydrogen (secondary N) is 2. The molecule has 3 rings (SSSR count). The number of nitrogens with zero attached hydrogens (tertiary/aromatic N) is 1. The number of hydrogen-bond acceptors (Lipinski definition) is 4. The van der Waals surface area contributed by atoms with E-state index in [2.05, 4.69) is 10.6 Å². The second-order valence-electron chi connectivity index (χ2n) is 5.67. The predicted octanol–water partition coefficient (Wildman–Crippen LogP) is 0.963. The number of likely N-dealkylation sites (N-methyl/N-ethyl adjacent to an activating group) is 1. The number of benzene rings is 1. The van der Waals surface area contributed by atoms with Gasteiger partial charge in [0.2, 0.25) is 0 Å². The second-order valence-corrected chi connectivity index (χ2v) is 5.67. The molecule has 2 aliphatic heterocycles. The Labute approximate surface area is 127 Å². The van der Waals surface area contributed by atoms with Crippen molar-refractivity contribution < 1.29 is 18.7 Å². The summed E-state index contributed by atoms with van der Waals surface area (Å²) >= 11 is 0. The zero-order valence-corrected chi connectivity index (χ0v) is 12.5. The molecule has 1 spiro atoms. The van der Waals surface area contributed by atoms with Crippen LogP contribution in [-0.4, -0.2) is 43.1 Å². The highest BCUT2D eigenvalue weighted by atomic mass is 19.1. The van der Waals surface area contributed by atoms with Crippen LogP contribution in [0.3, 0.4) is 0 Å². The summed E-state index contributed by atoms with van der Waals surface area (Å²) < 4.78 is 19.3. The van der Waals surface area contributed by atoms with Crippen LogP contribution in [0.2, 0.25) is 0 Å². The highest BCUT2D eigenvalue weighted by molar-refractivity contribution is 6.08. The number of carbonyl (C=O) groups excluding carboxylic acids is 2. The molecular weight excluding hydrogens is 289 g/mol. The standard InChI is InChI=1S/C15H18FN3O3/c1-9-8-15(11-7-10(16)3-4-12(11)22-9)13(20)19(6-5-17-2)14(21)18-15/h3-4,7,9,17H,5-6,8H2,1-2H3,(H,18,21). The van der Waals surface area contributed by atoms with Crippen molar-refractivity contribution in [3.63, 3.8) is 0 Å². The topological polar surface area (TPSA) is 70.7 Å². The fourth-order valence-electron chi connectivity index (χ4n) is 3.11. The third-order valence-corrected chi connectivity index (χ3v) is 4.08. The maximum absolute atomic E-state index is 13.6. The van der Waals surface area contributed by atoms with Crippen LogP contribution in [0.4, 0.5) is 9.18 Å². The molecule has 0 saturated carbocycles. The lowest BCUT2D eigenvalue weighted by molar-refractivity contribution is -0.133. The van der Waals surface area contributed by atoms with Gasteiger partial charge in [-0.25, -0.2) is 9.18 Å². The van der Waals surface area contributed by atoms with Crippen LogP contribution in [0.15, 0.2) is 18.2 Å². The van der Waals surface area contributed by atoms with Crippen LogP contribution in [-0.2, 0) is 10.3 Å². The normalized spacial score (nSPS) is 26.9. The monoisotopic (exact) mass is 307 g/mol. The predicted molar refractivity (Wildman–Crippen MR) is 77.0 cm³/mol. The highest BCUT2D eigenvalue weighted by Crippen LogP contribution is 2.43. The summed E-state index contributed by atoms with van der Waals surface area (Å²) in [5.41, 5.74) is -0.851. The molecule has 2 atom stereocenters. The minimum atomic E-state index is -1.24. The van der Waals surface area contributed by atoms with E-state index in [9.17, 15) is 14.0 Å². The van der Waals surface area contributed by atoms with Crippen molar-refractivity contribution in [2.24, 2.45) is 0 Å². The van der Waals surface area contributed by atoms with Crippen LogP contribution in [0.1, 0.15) is 18.9 Å². The molecule has 22 heavy (non-hydrogen) atoms. The molecule has 2 aliphatic rings. The van der Waals surface area contributed by atoms with Crippen LogP contribution in [0.25, 0.3) is 0 Å². The molecule has 1 saturated heterocycles. The minimum Gasteiger partial charge on any atom is -0.490 e. The third-order valence-electron chi connectivity index (χ3n) is 4.08. The zero-order valence-electron chi connectivity index (χ0n) is 12.5. The van der Waals surface area contributed by atoms with E-state index < -0.39 is 17.4 Å². The first-order chi connectivity index (χ1) is 10.5. The minimum absolute atomic E-state index is 0.258. The maximum atomic E-state index is 13.6. The van der Waals surface area contributed by atoms with E-state index >= 15 is 0 Å². The summed E-state index contributed by atoms with van der Waals surface area (Å²) in [6.45, 7) is 2.59. The largest absolute Gasteiger partial charge is 0.490 e. The molecule has 0 aromatic heterocycles. The van der Waals surface area contributed by atoms with Gasteiger partial charge in [-0.3, -0.25) is 9.69 Å². The van der Waals surface area contributed by atoms with E-state index in [1.165, 1.54) is 23.1 Å². The maximum Gasteiger partial charge on any atom is 0.325 e. The van der Waals surface area contributed by atoms with E-state index in [1.807, 2.05) is 6.92 Å². The fourth-order valence-corrected chi connectivity index (χ4v) is 3.11. The van der Waals surface area contributed by atoms with Gasteiger partial charge in [-0.05, 0) is 32.2 Å². The molecule has 1 aromatic rings. The molecule has 2 N–H and O–H groups in total. The molecule has 0 bridgehead atoms. The Balaban J connectivity index is 2.05. The number of amides is 3. The number of halogens is 1. The van der Waals surface area contributed by atoms with Gasteiger partial charge in [-0.1, -0.05) is 0 Å². The Hall–Kier alpha value is -2.15. The Morgan fingerprint density at radius 2 is 2.27 bits per heavy atom. The third kappa shape index (κ3) is 2.12. The lowest BCUT2D eigenvalue weighted by atomic mass is 9.82. The number of urea groups is 1. The lowest BCUT2D eigenvalue weighted by Crippen LogP contribution is -2.50. The first-order valence-electron chi connectivity index (χ1n) is 7.23. The molecule has 2 heterocycles. The van der Waals surface area contributed by atoms with Crippen LogP contribution in [0.5, 0.6) is 5.75 Å². The zero-order chi connectivity index (χ0) is 15.9. The van der Waals surface area contributed by atoms with Crippen molar-refractivity contribution in [2.45, 2.75) is 25.0 Å². The Morgan fingerprint density at radius 1 is 1.50 bits per heavy atom. The van der Waals surface area contributed by atoms with E-state index in [0.29, 0.717) is 17.9 Å². The van der Waals surface area contributed by atoms with Crippen molar-refractivity contribution in [1.29, 1.82) is 0 Å². The van der Waals surface area contributed by atoms with Gasteiger partial charge in [-0.15, -0.1) is 0 Å². The van der Waals surface area contributed by atoms with E-state index in [0.717, 1.165) is 0 Å². The van der Waals surface area contributed by atoms with E-state index in [4.69, 9.17) is 4.74 Å². The molecule has 0 radical (unpaired) electrons. The Bertz CT molecular complexity index is 636. The average Bonchev–Trinajstić information content (AvgIpc) is 2.70. The quantitative estimate of drug-likeness (QED) is 0.816. The summed E-state index contributed by atoms with van der Waals surface area (Å²) in [6, 6.07) is 3.59. The summed E-state index contributed by atoms with van der Waals surface area (Å²) in [5, 5.41) is 5.66. The van der Waals surface area contributed by atoms with E-state index in [-0.39, 0.29) is 25.0 Å². The summed E-state index contributed by atoms with van der Waals surface area (Å²) in [7, 11) is 1.75. The smallest absolute Gasteiger partial charge is 0.325 e. The SMILES string of the molecule is CNCCN1C(=O)NC2(CC(C)Oc3ccc(F)cc32)C1=O. The average molecular weight is 307 g/mol. The van der Waals surface area contributed by atoms with Gasteiger partial charge < -0.3 is 15.4 Å². The summed E-state index contributed by atoms with van der Waals surface area (Å²) in [5.74, 6) is -0.383. The molecule has 118 valence electrons. The number of rotatable bonds is 3. The van der Waals surface area contributed by atoms with Gasteiger partial charge in [0.25, 0.3) is 5.91 Å². The van der Waals surface area contributed by atoms with Gasteiger partial charge in [0, 0.05) is 25.1 Å². The molecular formula is C15H18FN3O3. The van der Waals surface area contributed by atoms with E-state index in [1.54, 1.807) is 7.05 Å². The lowest BCUT2D eigenvalue weighted by Gasteiger charge is -2.36. The number of imide groups is 1. The van der Waals surface area contributed by atoms with Crippen molar-refractivity contribution in [3.05, 3.63) is 29.6 Å². The first kappa shape index (κ1) is 14.8. The number of hydrogen-bond donors (Lipinski definition) is 2. The van der Waals surface area contributed by atoms with Crippen LogP contribution < -0.4 is 15.4 Å². The van der Waals surface area contributed by atoms with Crippen molar-refractivity contribution in [3.8, 4) is 5.75 Å². The van der Waals surface area contributed by atoms with Crippen molar-refractivity contribution in [2.75, 3.05) is 20.1 Å². The van der Waals surface area contributed by atoms with Crippen LogP contribution >= 0.6 is 0 Å². The molecule has 6 nitrogen and oxygen atoms in total. The number of carbonyl (C=O) groups is 2. The van der Waals surface area contributed by atoms with Crippen molar-refractivity contribution >= 4 is 11.9 Å². The Kier molecular flexibility index (Phi) is 3.52. The summed E-state index contributed by atoms with van der Waals surface area (Å²) in [6.07, 6.45) is 0.0239. The fraction of sp³-hybridized carbons (Fsp3) is 0.467. The van der Waals surface area contributed by atoms with Crippen molar-refractivity contribution in [1.82, 2.24) is 15.5 Å². The van der Waals surface area contributed by atoms with Crippen LogP contribution in [0, 0.1) is 5.82 Å². The molecule has 0 aliphatic carbocycles. The highest BCUT2D eigenvalue weighted by Gasteiger charge is 2.56. The molecule has 1 fully saturated rings. The number of fused-ring (bicyclic) bond motifs is 2. The molecule has 7 heteroatoms. The van der Waals surface area contributed by atoms with Gasteiger partial charge >= 0.3 is 6.03 Å². The van der Waals surface area contributed by atoms with Gasteiger partial charge in [0.05, 0.1) is 6.10 Å². The molecule has 1 aromatic carbocycles. The Morgan fingerprint density at radius 3 is 3.00 bits per heavy atom. The molecule has 3 amide bonds. The first-order valence-corrected chi connectivity index (χ1v) is 7.23. The number of ether oxygens (including phenoxy) is 1. The summed E-state index contributed by atoms with van der Waals surface area (Å²) in [4.78, 5) is 26.2. The van der Waals surface area contributed by atoms with Gasteiger partial charge in [0.15, 0.2) is 5.54 Å².